The summed E-state index contributed by atoms with van der Waals surface area (Å²) in [7, 11) is 0. The number of thiazole rings is 1. The Balaban J connectivity index is 1.23. The third kappa shape index (κ3) is 2.79. The third-order valence-electron chi connectivity index (χ3n) is 6.88. The van der Waals surface area contributed by atoms with E-state index in [1.54, 1.807) is 23.9 Å². The van der Waals surface area contributed by atoms with E-state index >= 15 is 0 Å². The molecule has 31 heavy (non-hydrogen) atoms. The van der Waals surface area contributed by atoms with Crippen LogP contribution in [0.5, 0.6) is 0 Å². The second-order valence-electron chi connectivity index (χ2n) is 8.63. The number of carbonyl (C=O) groups excluding carboxylic acids is 3. The van der Waals surface area contributed by atoms with Gasteiger partial charge in [-0.2, -0.15) is 0 Å². The van der Waals surface area contributed by atoms with Gasteiger partial charge in [0.15, 0.2) is 0 Å². The van der Waals surface area contributed by atoms with Gasteiger partial charge in [0.25, 0.3) is 0 Å². The van der Waals surface area contributed by atoms with E-state index in [9.17, 15) is 19.2 Å². The van der Waals surface area contributed by atoms with Gasteiger partial charge in [0, 0.05) is 10.9 Å². The summed E-state index contributed by atoms with van der Waals surface area (Å²) < 4.78 is 0. The fraction of sp³-hybridized carbons (Fsp3) is 0.364. The molecule has 1 aromatic heterocycles. The minimum atomic E-state index is -0.384. The van der Waals surface area contributed by atoms with E-state index < -0.39 is 0 Å². The molecule has 2 aliphatic heterocycles. The van der Waals surface area contributed by atoms with Crippen LogP contribution in [0.2, 0.25) is 0 Å². The van der Waals surface area contributed by atoms with Gasteiger partial charge >= 0.3 is 4.87 Å². The highest BCUT2D eigenvalue weighted by molar-refractivity contribution is 8.00. The number of fused-ring (bicyclic) bond motifs is 9. The number of aromatic nitrogens is 1. The monoisotopic (exact) mass is 453 g/mol. The summed E-state index contributed by atoms with van der Waals surface area (Å²) in [4.78, 5) is 55.5. The molecular formula is C22H19N3O4S2. The molecule has 1 aromatic carbocycles. The number of thioether (sulfide) groups is 1. The minimum absolute atomic E-state index is 0.0134. The Bertz CT molecular complexity index is 1230. The Hall–Kier alpha value is -2.65. The van der Waals surface area contributed by atoms with Crippen molar-refractivity contribution in [2.45, 2.75) is 23.6 Å². The van der Waals surface area contributed by atoms with Gasteiger partial charge in [0.1, 0.15) is 6.54 Å². The van der Waals surface area contributed by atoms with Crippen LogP contribution in [-0.4, -0.2) is 39.4 Å². The normalized spacial score (nSPS) is 30.2. The summed E-state index contributed by atoms with van der Waals surface area (Å²) in [6, 6.07) is 7.38. The molecule has 7 nitrogen and oxygen atoms in total. The number of nitrogens with one attached hydrogen (secondary N) is 2. The minimum Gasteiger partial charge on any atom is -0.325 e. The Labute approximate surface area is 185 Å². The maximum atomic E-state index is 13.2. The van der Waals surface area contributed by atoms with Crippen LogP contribution in [0.1, 0.15) is 16.9 Å². The van der Waals surface area contributed by atoms with Crippen molar-refractivity contribution >= 4 is 52.6 Å². The predicted molar refractivity (Wildman–Crippen MR) is 118 cm³/mol. The van der Waals surface area contributed by atoms with E-state index in [0.29, 0.717) is 5.69 Å². The van der Waals surface area contributed by atoms with Gasteiger partial charge in [-0.15, -0.1) is 0 Å². The van der Waals surface area contributed by atoms with E-state index in [1.165, 1.54) is 16.9 Å². The molecule has 2 saturated carbocycles. The lowest BCUT2D eigenvalue weighted by molar-refractivity contribution is -0.143. The number of likely N-dealkylation sites (tertiary alicyclic amines) is 1. The lowest BCUT2D eigenvalue weighted by atomic mass is 9.77. The standard InChI is InChI=1S/C22H19N3O4S2/c1-9-2-4-10(5-3-9)23-15(26)8-25-20(27)16-11-6-13(17(16)21(25)28)18-12(11)7-14-19(31-18)24-22(29)30-14/h2-5,7,11,13,16-18H,6,8H2,1H3,(H,23,26)(H,24,29). The number of anilines is 1. The number of aryl methyl sites for hydroxylation is 1. The Morgan fingerprint density at radius 1 is 1.16 bits per heavy atom. The van der Waals surface area contributed by atoms with Crippen molar-refractivity contribution in [3.8, 4) is 0 Å². The topological polar surface area (TPSA) is 99.3 Å². The summed E-state index contributed by atoms with van der Waals surface area (Å²) in [5.41, 5.74) is 2.90. The number of hydrogen-bond donors (Lipinski definition) is 2. The molecule has 2 bridgehead atoms. The highest BCUT2D eigenvalue weighted by atomic mass is 32.2. The van der Waals surface area contributed by atoms with Crippen molar-refractivity contribution < 1.29 is 14.4 Å². The molecule has 2 aromatic rings. The molecular weight excluding hydrogens is 434 g/mol. The van der Waals surface area contributed by atoms with Crippen molar-refractivity contribution in [2.75, 3.05) is 11.9 Å². The number of benzene rings is 1. The largest absolute Gasteiger partial charge is 0.325 e. The zero-order chi connectivity index (χ0) is 21.4. The number of imide groups is 1. The number of aromatic amines is 1. The summed E-state index contributed by atoms with van der Waals surface area (Å²) in [5.74, 6) is -1.52. The molecule has 0 radical (unpaired) electrons. The van der Waals surface area contributed by atoms with Crippen LogP contribution in [-0.2, 0) is 14.4 Å². The molecule has 9 heteroatoms. The number of H-pyrrole nitrogens is 1. The molecule has 4 aliphatic rings. The summed E-state index contributed by atoms with van der Waals surface area (Å²) in [6.07, 6.45) is 2.86. The Morgan fingerprint density at radius 3 is 2.68 bits per heavy atom. The first-order valence-corrected chi connectivity index (χ1v) is 11.9. The quantitative estimate of drug-likeness (QED) is 0.696. The van der Waals surface area contributed by atoms with Crippen molar-refractivity contribution in [3.63, 3.8) is 0 Å². The second kappa shape index (κ2) is 6.67. The second-order valence-corrected chi connectivity index (χ2v) is 10.8. The zero-order valence-electron chi connectivity index (χ0n) is 16.6. The molecule has 3 fully saturated rings. The predicted octanol–water partition coefficient (Wildman–Crippen LogP) is 2.49. The molecule has 3 amide bonds. The Kier molecular flexibility index (Phi) is 4.10. The molecule has 1 saturated heterocycles. The lowest BCUT2D eigenvalue weighted by Crippen LogP contribution is -2.39. The van der Waals surface area contributed by atoms with Crippen molar-refractivity contribution in [3.05, 3.63) is 49.9 Å². The van der Waals surface area contributed by atoms with Gasteiger partial charge in [-0.25, -0.2) is 0 Å². The van der Waals surface area contributed by atoms with Gasteiger partial charge in [0.05, 0.1) is 21.7 Å². The van der Waals surface area contributed by atoms with Gasteiger partial charge in [-0.3, -0.25) is 24.1 Å². The maximum absolute atomic E-state index is 13.2. The Morgan fingerprint density at radius 2 is 1.90 bits per heavy atom. The molecule has 5 unspecified atom stereocenters. The van der Waals surface area contributed by atoms with Gasteiger partial charge in [-0.1, -0.05) is 46.4 Å². The van der Waals surface area contributed by atoms with E-state index in [-0.39, 0.29) is 58.1 Å². The van der Waals surface area contributed by atoms with Crippen molar-refractivity contribution in [2.24, 2.45) is 23.7 Å². The number of nitrogens with zero attached hydrogens (tertiary/aromatic N) is 1. The van der Waals surface area contributed by atoms with Gasteiger partial charge < -0.3 is 10.3 Å². The molecule has 3 heterocycles. The molecule has 6 rings (SSSR count). The van der Waals surface area contributed by atoms with Crippen LogP contribution in [0.25, 0.3) is 6.08 Å². The zero-order valence-corrected chi connectivity index (χ0v) is 18.2. The van der Waals surface area contributed by atoms with E-state index in [4.69, 9.17) is 0 Å². The summed E-state index contributed by atoms with van der Waals surface area (Å²) in [6.45, 7) is 1.71. The van der Waals surface area contributed by atoms with Crippen LogP contribution in [0, 0.1) is 30.6 Å². The first kappa shape index (κ1) is 19.1. The van der Waals surface area contributed by atoms with E-state index in [1.807, 2.05) is 25.1 Å². The third-order valence-corrected chi connectivity index (χ3v) is 9.27. The fourth-order valence-corrected chi connectivity index (χ4v) is 8.06. The average molecular weight is 454 g/mol. The number of carbonyl (C=O) groups is 3. The van der Waals surface area contributed by atoms with Crippen LogP contribution >= 0.6 is 23.1 Å². The van der Waals surface area contributed by atoms with Crippen molar-refractivity contribution in [1.29, 1.82) is 0 Å². The average Bonchev–Trinajstić information content (AvgIpc) is 3.45. The smallest absolute Gasteiger partial charge is 0.305 e. The number of amides is 3. The molecule has 158 valence electrons. The molecule has 0 spiro atoms. The van der Waals surface area contributed by atoms with Crippen LogP contribution in [0.3, 0.4) is 0 Å². The first-order chi connectivity index (χ1) is 14.9. The van der Waals surface area contributed by atoms with Crippen LogP contribution < -0.4 is 10.2 Å². The highest BCUT2D eigenvalue weighted by Gasteiger charge is 2.66. The number of rotatable bonds is 3. The van der Waals surface area contributed by atoms with E-state index in [0.717, 1.165) is 26.8 Å². The molecule has 5 atom stereocenters. The highest BCUT2D eigenvalue weighted by Crippen LogP contribution is 2.64. The van der Waals surface area contributed by atoms with Gasteiger partial charge in [-0.05, 0) is 43.4 Å². The number of hydrogen-bond acceptors (Lipinski definition) is 6. The SMILES string of the molecule is Cc1ccc(NC(=O)CN2C(=O)C3C4CC(C5Sc6[nH]c(=O)sc6C=C45)C3C2=O)cc1. The van der Waals surface area contributed by atoms with Crippen molar-refractivity contribution in [1.82, 2.24) is 9.88 Å². The summed E-state index contributed by atoms with van der Waals surface area (Å²) >= 11 is 2.79. The lowest BCUT2D eigenvalue weighted by Gasteiger charge is -2.32. The van der Waals surface area contributed by atoms with E-state index in [2.05, 4.69) is 10.3 Å². The van der Waals surface area contributed by atoms with Crippen LogP contribution in [0.4, 0.5) is 5.69 Å². The van der Waals surface area contributed by atoms with Gasteiger partial charge in [0.2, 0.25) is 17.7 Å². The summed E-state index contributed by atoms with van der Waals surface area (Å²) in [5, 5.41) is 3.74. The molecule has 2 aliphatic carbocycles. The fourth-order valence-electron chi connectivity index (χ4n) is 5.62. The van der Waals surface area contributed by atoms with Crippen LogP contribution in [0.15, 0.2) is 39.7 Å². The first-order valence-electron chi connectivity index (χ1n) is 10.2. The molecule has 2 N–H and O–H groups in total. The maximum Gasteiger partial charge on any atom is 0.305 e.